The summed E-state index contributed by atoms with van der Waals surface area (Å²) >= 11 is 1.70. The Morgan fingerprint density at radius 2 is 1.76 bits per heavy atom. The molecule has 2 aromatic rings. The SMILES string of the molecule is CCc1ccccc1SNc1ccc(C(C)(C)C)c(C)c1. The van der Waals surface area contributed by atoms with Crippen LogP contribution in [-0.4, -0.2) is 0 Å². The molecule has 2 aromatic carbocycles. The molecule has 0 spiro atoms. The summed E-state index contributed by atoms with van der Waals surface area (Å²) in [4.78, 5) is 1.30. The Morgan fingerprint density at radius 1 is 1.05 bits per heavy atom. The smallest absolute Gasteiger partial charge is 0.0446 e. The predicted octanol–water partition coefficient (Wildman–Crippen LogP) is 5.97. The fourth-order valence-corrected chi connectivity index (χ4v) is 3.42. The van der Waals surface area contributed by atoms with Gasteiger partial charge in [-0.05, 0) is 65.6 Å². The van der Waals surface area contributed by atoms with Crippen LogP contribution in [0.2, 0.25) is 0 Å². The van der Waals surface area contributed by atoms with Crippen LogP contribution in [-0.2, 0) is 11.8 Å². The van der Waals surface area contributed by atoms with Crippen molar-refractivity contribution in [3.63, 3.8) is 0 Å². The maximum absolute atomic E-state index is 3.47. The monoisotopic (exact) mass is 299 g/mol. The van der Waals surface area contributed by atoms with Crippen molar-refractivity contribution in [2.24, 2.45) is 0 Å². The van der Waals surface area contributed by atoms with Gasteiger partial charge in [0.2, 0.25) is 0 Å². The average Bonchev–Trinajstić information content (AvgIpc) is 2.44. The molecule has 0 aromatic heterocycles. The van der Waals surface area contributed by atoms with Gasteiger partial charge in [0, 0.05) is 10.6 Å². The number of aryl methyl sites for hydroxylation is 2. The first-order chi connectivity index (χ1) is 9.91. The zero-order chi connectivity index (χ0) is 15.5. The quantitative estimate of drug-likeness (QED) is 0.697. The summed E-state index contributed by atoms with van der Waals surface area (Å²) < 4.78 is 3.47. The summed E-state index contributed by atoms with van der Waals surface area (Å²) in [5.74, 6) is 0. The third-order valence-corrected chi connectivity index (χ3v) is 4.62. The van der Waals surface area contributed by atoms with Crippen LogP contribution in [0.4, 0.5) is 5.69 Å². The van der Waals surface area contributed by atoms with Crippen LogP contribution < -0.4 is 4.72 Å². The van der Waals surface area contributed by atoms with Crippen molar-refractivity contribution in [3.05, 3.63) is 59.2 Å². The van der Waals surface area contributed by atoms with E-state index >= 15 is 0 Å². The molecule has 112 valence electrons. The van der Waals surface area contributed by atoms with Gasteiger partial charge in [-0.15, -0.1) is 0 Å². The highest BCUT2D eigenvalue weighted by Crippen LogP contribution is 2.30. The summed E-state index contributed by atoms with van der Waals surface area (Å²) in [5, 5.41) is 0. The van der Waals surface area contributed by atoms with Crippen LogP contribution in [0.5, 0.6) is 0 Å². The molecule has 0 aliphatic carbocycles. The van der Waals surface area contributed by atoms with Crippen LogP contribution >= 0.6 is 11.9 Å². The van der Waals surface area contributed by atoms with Gasteiger partial charge in [-0.3, -0.25) is 0 Å². The number of anilines is 1. The Kier molecular flexibility index (Phi) is 5.00. The fraction of sp³-hybridized carbons (Fsp3) is 0.368. The van der Waals surface area contributed by atoms with Crippen LogP contribution in [0.3, 0.4) is 0 Å². The third kappa shape index (κ3) is 4.04. The molecule has 2 rings (SSSR count). The minimum atomic E-state index is 0.199. The van der Waals surface area contributed by atoms with Gasteiger partial charge in [0.05, 0.1) is 0 Å². The minimum absolute atomic E-state index is 0.199. The van der Waals surface area contributed by atoms with Gasteiger partial charge in [-0.2, -0.15) is 0 Å². The molecule has 0 aliphatic rings. The molecular weight excluding hydrogens is 274 g/mol. The molecule has 2 heteroatoms. The van der Waals surface area contributed by atoms with E-state index in [0.29, 0.717) is 0 Å². The number of hydrogen-bond donors (Lipinski definition) is 1. The molecule has 1 nitrogen and oxygen atoms in total. The first kappa shape index (κ1) is 16.0. The second kappa shape index (κ2) is 6.57. The molecule has 0 heterocycles. The Labute approximate surface area is 133 Å². The summed E-state index contributed by atoms with van der Waals surface area (Å²) in [6, 6.07) is 15.2. The summed E-state index contributed by atoms with van der Waals surface area (Å²) in [7, 11) is 0. The van der Waals surface area contributed by atoms with Gasteiger partial charge >= 0.3 is 0 Å². The number of hydrogen-bond acceptors (Lipinski definition) is 2. The van der Waals surface area contributed by atoms with Crippen molar-refractivity contribution in [2.75, 3.05) is 4.72 Å². The summed E-state index contributed by atoms with van der Waals surface area (Å²) in [6.45, 7) is 11.2. The van der Waals surface area contributed by atoms with Crippen LogP contribution in [0, 0.1) is 6.92 Å². The molecule has 0 aliphatic heterocycles. The van der Waals surface area contributed by atoms with Crippen molar-refractivity contribution >= 4 is 17.6 Å². The maximum Gasteiger partial charge on any atom is 0.0446 e. The normalized spacial score (nSPS) is 11.5. The maximum atomic E-state index is 3.47. The molecule has 0 saturated heterocycles. The molecule has 21 heavy (non-hydrogen) atoms. The molecule has 1 N–H and O–H groups in total. The number of rotatable bonds is 4. The van der Waals surface area contributed by atoms with Crippen molar-refractivity contribution in [1.82, 2.24) is 0 Å². The molecule has 0 bridgehead atoms. The predicted molar refractivity (Wildman–Crippen MR) is 95.2 cm³/mol. The molecule has 0 atom stereocenters. The second-order valence-corrected chi connectivity index (χ2v) is 7.29. The molecule has 0 unspecified atom stereocenters. The van der Waals surface area contributed by atoms with E-state index < -0.39 is 0 Å². The lowest BCUT2D eigenvalue weighted by atomic mass is 9.84. The van der Waals surface area contributed by atoms with E-state index in [1.54, 1.807) is 11.9 Å². The van der Waals surface area contributed by atoms with E-state index in [1.807, 2.05) is 0 Å². The molecule has 0 fully saturated rings. The van der Waals surface area contributed by atoms with E-state index in [1.165, 1.54) is 21.6 Å². The third-order valence-electron chi connectivity index (χ3n) is 3.67. The summed E-state index contributed by atoms with van der Waals surface area (Å²) in [6.07, 6.45) is 1.06. The minimum Gasteiger partial charge on any atom is -0.326 e. The molecule has 0 radical (unpaired) electrons. The van der Waals surface area contributed by atoms with Gasteiger partial charge < -0.3 is 4.72 Å². The van der Waals surface area contributed by atoms with Crippen molar-refractivity contribution in [2.45, 2.75) is 51.3 Å². The number of nitrogens with one attached hydrogen (secondary N) is 1. The van der Waals surface area contributed by atoms with Crippen LogP contribution in [0.25, 0.3) is 0 Å². The lowest BCUT2D eigenvalue weighted by Crippen LogP contribution is -2.12. The van der Waals surface area contributed by atoms with Crippen LogP contribution in [0.1, 0.15) is 44.4 Å². The van der Waals surface area contributed by atoms with Crippen LogP contribution in [0.15, 0.2) is 47.4 Å². The largest absolute Gasteiger partial charge is 0.326 e. The number of benzene rings is 2. The fourth-order valence-electron chi connectivity index (χ4n) is 2.58. The van der Waals surface area contributed by atoms with Crippen molar-refractivity contribution in [3.8, 4) is 0 Å². The van der Waals surface area contributed by atoms with Gasteiger partial charge in [-0.1, -0.05) is 52.0 Å². The average molecular weight is 299 g/mol. The van der Waals surface area contributed by atoms with Crippen molar-refractivity contribution in [1.29, 1.82) is 0 Å². The highest BCUT2D eigenvalue weighted by atomic mass is 32.2. The Bertz CT molecular complexity index is 611. The summed E-state index contributed by atoms with van der Waals surface area (Å²) in [5.41, 5.74) is 5.50. The van der Waals surface area contributed by atoms with Gasteiger partial charge in [0.15, 0.2) is 0 Å². The lowest BCUT2D eigenvalue weighted by Gasteiger charge is -2.22. The van der Waals surface area contributed by atoms with E-state index in [0.717, 1.165) is 12.1 Å². The zero-order valence-corrected chi connectivity index (χ0v) is 14.5. The first-order valence-corrected chi connectivity index (χ1v) is 8.35. The van der Waals surface area contributed by atoms with E-state index in [2.05, 4.69) is 81.8 Å². The molecule has 0 amide bonds. The van der Waals surface area contributed by atoms with E-state index in [-0.39, 0.29) is 5.41 Å². The van der Waals surface area contributed by atoms with E-state index in [4.69, 9.17) is 0 Å². The van der Waals surface area contributed by atoms with Gasteiger partial charge in [0.1, 0.15) is 0 Å². The Morgan fingerprint density at radius 3 is 2.38 bits per heavy atom. The highest BCUT2D eigenvalue weighted by molar-refractivity contribution is 8.00. The molecular formula is C19H25NS. The van der Waals surface area contributed by atoms with E-state index in [9.17, 15) is 0 Å². The molecule has 0 saturated carbocycles. The van der Waals surface area contributed by atoms with Gasteiger partial charge in [-0.25, -0.2) is 0 Å². The zero-order valence-electron chi connectivity index (χ0n) is 13.7. The second-order valence-electron chi connectivity index (χ2n) is 6.45. The Hall–Kier alpha value is -1.41. The topological polar surface area (TPSA) is 12.0 Å². The standard InChI is InChI=1S/C19H25NS/c1-6-15-9-7-8-10-18(15)21-20-16-11-12-17(14(2)13-16)19(3,4)5/h7-13,20H,6H2,1-5H3. The lowest BCUT2D eigenvalue weighted by molar-refractivity contribution is 0.586. The first-order valence-electron chi connectivity index (χ1n) is 7.53. The van der Waals surface area contributed by atoms with Gasteiger partial charge in [0.25, 0.3) is 0 Å². The highest BCUT2D eigenvalue weighted by Gasteiger charge is 2.16. The van der Waals surface area contributed by atoms with Crippen molar-refractivity contribution < 1.29 is 0 Å². The Balaban J connectivity index is 2.12.